The molecule has 0 aliphatic carbocycles. The summed E-state index contributed by atoms with van der Waals surface area (Å²) < 4.78 is 10.2. The van der Waals surface area contributed by atoms with Gasteiger partial charge in [-0.25, -0.2) is 9.69 Å². The highest BCUT2D eigenvalue weighted by molar-refractivity contribution is 7.99. The molecule has 2 heterocycles. The Bertz CT molecular complexity index is 704. The monoisotopic (exact) mass is 339 g/mol. The normalized spacial score (nSPS) is 14.2. The number of thioether (sulfide) groups is 1. The summed E-state index contributed by atoms with van der Waals surface area (Å²) in [5.74, 6) is 0.0168. The lowest BCUT2D eigenvalue weighted by atomic mass is 10.2. The summed E-state index contributed by atoms with van der Waals surface area (Å²) in [4.78, 5) is 24.2. The van der Waals surface area contributed by atoms with E-state index >= 15 is 0 Å². The van der Waals surface area contributed by atoms with Gasteiger partial charge in [0, 0.05) is 10.6 Å². The Kier molecular flexibility index (Phi) is 4.30. The zero-order valence-electron chi connectivity index (χ0n) is 11.2. The van der Waals surface area contributed by atoms with Crippen LogP contribution in [-0.2, 0) is 9.53 Å². The molecular weight excluding hydrogens is 330 g/mol. The molecule has 2 amide bonds. The van der Waals surface area contributed by atoms with Crippen molar-refractivity contribution >= 4 is 35.4 Å². The molecule has 1 fully saturated rings. The second-order valence-corrected chi connectivity index (χ2v) is 5.69. The Morgan fingerprint density at radius 1 is 1.32 bits per heavy atom. The summed E-state index contributed by atoms with van der Waals surface area (Å²) in [7, 11) is 0. The number of cyclic esters (lactones) is 1. The van der Waals surface area contributed by atoms with Gasteiger partial charge in [-0.3, -0.25) is 4.79 Å². The predicted octanol–water partition coefficient (Wildman–Crippen LogP) is 2.46. The zero-order chi connectivity index (χ0) is 15.5. The number of carbonyl (C=O) groups is 2. The van der Waals surface area contributed by atoms with Crippen LogP contribution < -0.4 is 0 Å². The molecule has 114 valence electrons. The Morgan fingerprint density at radius 3 is 2.77 bits per heavy atom. The van der Waals surface area contributed by atoms with Gasteiger partial charge in [0.1, 0.15) is 6.61 Å². The minimum Gasteiger partial charge on any atom is -0.447 e. The van der Waals surface area contributed by atoms with Crippen molar-refractivity contribution in [2.75, 3.05) is 18.9 Å². The number of hydrogen-bond donors (Lipinski definition) is 0. The van der Waals surface area contributed by atoms with Gasteiger partial charge in [0.15, 0.2) is 0 Å². The standard InChI is InChI=1S/C13H10ClN3O4S/c14-9-3-1-8(2-4-9)11-15-16-12(21-11)22-7-10(18)17-5-6-20-13(17)19/h1-4H,5-7H2. The topological polar surface area (TPSA) is 85.5 Å². The van der Waals surface area contributed by atoms with Gasteiger partial charge >= 0.3 is 6.09 Å². The molecule has 0 saturated carbocycles. The molecule has 1 aromatic carbocycles. The molecule has 1 saturated heterocycles. The lowest BCUT2D eigenvalue weighted by molar-refractivity contribution is -0.125. The number of aromatic nitrogens is 2. The van der Waals surface area contributed by atoms with E-state index in [0.717, 1.165) is 22.2 Å². The van der Waals surface area contributed by atoms with Crippen molar-refractivity contribution < 1.29 is 18.7 Å². The molecule has 1 aliphatic heterocycles. The van der Waals surface area contributed by atoms with E-state index in [9.17, 15) is 9.59 Å². The third-order valence-electron chi connectivity index (χ3n) is 2.88. The highest BCUT2D eigenvalue weighted by atomic mass is 35.5. The highest BCUT2D eigenvalue weighted by Gasteiger charge is 2.28. The van der Waals surface area contributed by atoms with Crippen LogP contribution in [0.1, 0.15) is 0 Å². The first-order valence-electron chi connectivity index (χ1n) is 6.33. The van der Waals surface area contributed by atoms with E-state index in [1.54, 1.807) is 24.3 Å². The number of amides is 2. The van der Waals surface area contributed by atoms with Gasteiger partial charge in [0.05, 0.1) is 12.3 Å². The van der Waals surface area contributed by atoms with E-state index in [-0.39, 0.29) is 30.0 Å². The van der Waals surface area contributed by atoms with E-state index in [1.165, 1.54) is 0 Å². The maximum Gasteiger partial charge on any atom is 0.416 e. The molecule has 0 bridgehead atoms. The lowest BCUT2D eigenvalue weighted by Crippen LogP contribution is -2.32. The Morgan fingerprint density at radius 2 is 2.09 bits per heavy atom. The maximum atomic E-state index is 11.8. The molecule has 2 aromatic rings. The van der Waals surface area contributed by atoms with Gasteiger partial charge in [-0.1, -0.05) is 23.4 Å². The molecule has 0 atom stereocenters. The summed E-state index contributed by atoms with van der Waals surface area (Å²) in [5.41, 5.74) is 0.734. The van der Waals surface area contributed by atoms with Gasteiger partial charge in [0.2, 0.25) is 11.8 Å². The third kappa shape index (κ3) is 3.23. The van der Waals surface area contributed by atoms with E-state index in [4.69, 9.17) is 20.8 Å². The molecule has 22 heavy (non-hydrogen) atoms. The molecule has 0 unspecified atom stereocenters. The number of benzene rings is 1. The van der Waals surface area contributed by atoms with E-state index in [0.29, 0.717) is 10.9 Å². The largest absolute Gasteiger partial charge is 0.447 e. The summed E-state index contributed by atoms with van der Waals surface area (Å²) in [6, 6.07) is 6.96. The van der Waals surface area contributed by atoms with Crippen molar-refractivity contribution in [2.45, 2.75) is 5.22 Å². The minimum atomic E-state index is -0.613. The van der Waals surface area contributed by atoms with E-state index in [1.807, 2.05) is 0 Å². The summed E-state index contributed by atoms with van der Waals surface area (Å²) in [5, 5.41) is 8.64. The Balaban J connectivity index is 1.61. The number of rotatable bonds is 4. The van der Waals surface area contributed by atoms with Crippen LogP contribution in [0.25, 0.3) is 11.5 Å². The van der Waals surface area contributed by atoms with Crippen LogP contribution >= 0.6 is 23.4 Å². The van der Waals surface area contributed by atoms with Crippen LogP contribution in [0.5, 0.6) is 0 Å². The van der Waals surface area contributed by atoms with Crippen molar-refractivity contribution in [3.63, 3.8) is 0 Å². The summed E-state index contributed by atoms with van der Waals surface area (Å²) in [6.07, 6.45) is -0.613. The average molecular weight is 340 g/mol. The fourth-order valence-corrected chi connectivity index (χ4v) is 2.56. The number of halogens is 1. The van der Waals surface area contributed by atoms with Crippen molar-refractivity contribution in [1.29, 1.82) is 0 Å². The molecular formula is C13H10ClN3O4S. The second kappa shape index (κ2) is 6.37. The Labute approximate surface area is 134 Å². The van der Waals surface area contributed by atoms with E-state index in [2.05, 4.69) is 10.2 Å². The van der Waals surface area contributed by atoms with Crippen LogP contribution in [0.3, 0.4) is 0 Å². The first kappa shape index (κ1) is 14.9. The van der Waals surface area contributed by atoms with Crippen molar-refractivity contribution in [3.8, 4) is 11.5 Å². The first-order chi connectivity index (χ1) is 10.6. The molecule has 0 spiro atoms. The molecule has 0 N–H and O–H groups in total. The maximum absolute atomic E-state index is 11.8. The van der Waals surface area contributed by atoms with Gasteiger partial charge in [-0.05, 0) is 24.3 Å². The van der Waals surface area contributed by atoms with Gasteiger partial charge in [0.25, 0.3) is 5.22 Å². The van der Waals surface area contributed by atoms with Crippen molar-refractivity contribution in [2.24, 2.45) is 0 Å². The molecule has 0 radical (unpaired) electrons. The number of nitrogens with zero attached hydrogens (tertiary/aromatic N) is 3. The zero-order valence-corrected chi connectivity index (χ0v) is 12.8. The SMILES string of the molecule is O=C(CSc1nnc(-c2ccc(Cl)cc2)o1)N1CCOC1=O. The van der Waals surface area contributed by atoms with Gasteiger partial charge < -0.3 is 9.15 Å². The average Bonchev–Trinajstić information content (AvgIpc) is 3.14. The molecule has 1 aliphatic rings. The van der Waals surface area contributed by atoms with Gasteiger partial charge in [-0.2, -0.15) is 0 Å². The highest BCUT2D eigenvalue weighted by Crippen LogP contribution is 2.24. The molecule has 7 nitrogen and oxygen atoms in total. The van der Waals surface area contributed by atoms with Crippen molar-refractivity contribution in [1.82, 2.24) is 15.1 Å². The second-order valence-electron chi connectivity index (χ2n) is 4.33. The predicted molar refractivity (Wildman–Crippen MR) is 78.5 cm³/mol. The number of ether oxygens (including phenoxy) is 1. The van der Waals surface area contributed by atoms with Crippen LogP contribution in [-0.4, -0.2) is 46.0 Å². The van der Waals surface area contributed by atoms with Crippen LogP contribution in [0, 0.1) is 0 Å². The van der Waals surface area contributed by atoms with Crippen LogP contribution in [0.15, 0.2) is 33.9 Å². The fraction of sp³-hybridized carbons (Fsp3) is 0.231. The number of imide groups is 1. The summed E-state index contributed by atoms with van der Waals surface area (Å²) in [6.45, 7) is 0.509. The quantitative estimate of drug-likeness (QED) is 0.791. The fourth-order valence-electron chi connectivity index (χ4n) is 1.80. The smallest absolute Gasteiger partial charge is 0.416 e. The number of hydrogen-bond acceptors (Lipinski definition) is 7. The lowest BCUT2D eigenvalue weighted by Gasteiger charge is -2.08. The molecule has 1 aromatic heterocycles. The Hall–Kier alpha value is -2.06. The van der Waals surface area contributed by atoms with Crippen LogP contribution in [0.2, 0.25) is 5.02 Å². The molecule has 3 rings (SSSR count). The number of carbonyl (C=O) groups excluding carboxylic acids is 2. The van der Waals surface area contributed by atoms with Crippen LogP contribution in [0.4, 0.5) is 4.79 Å². The van der Waals surface area contributed by atoms with E-state index < -0.39 is 6.09 Å². The first-order valence-corrected chi connectivity index (χ1v) is 7.69. The summed E-state index contributed by atoms with van der Waals surface area (Å²) >= 11 is 6.88. The minimum absolute atomic E-state index is 0.0251. The van der Waals surface area contributed by atoms with Gasteiger partial charge in [-0.15, -0.1) is 10.2 Å². The third-order valence-corrected chi connectivity index (χ3v) is 3.93. The molecule has 9 heteroatoms. The van der Waals surface area contributed by atoms with Crippen molar-refractivity contribution in [3.05, 3.63) is 29.3 Å².